The summed E-state index contributed by atoms with van der Waals surface area (Å²) in [7, 11) is 1.68. The summed E-state index contributed by atoms with van der Waals surface area (Å²) in [5, 5.41) is 7.54. The van der Waals surface area contributed by atoms with Crippen LogP contribution in [0, 0.1) is 0 Å². The first-order valence-corrected chi connectivity index (χ1v) is 8.18. The fraction of sp³-hybridized carbons (Fsp3) is 0.467. The van der Waals surface area contributed by atoms with E-state index >= 15 is 0 Å². The molecule has 0 spiro atoms. The first-order valence-electron chi connectivity index (χ1n) is 7.24. The third kappa shape index (κ3) is 3.10. The van der Waals surface area contributed by atoms with Crippen LogP contribution in [0.15, 0.2) is 23.2 Å². The number of hydrogen-bond donors (Lipinski definition) is 1. The molecule has 112 valence electrons. The van der Waals surface area contributed by atoms with Gasteiger partial charge in [0.25, 0.3) is 0 Å². The van der Waals surface area contributed by atoms with Crippen molar-refractivity contribution in [3.63, 3.8) is 0 Å². The summed E-state index contributed by atoms with van der Waals surface area (Å²) >= 11 is 1.73. The molecule has 0 atom stereocenters. The van der Waals surface area contributed by atoms with E-state index in [0.29, 0.717) is 6.04 Å². The molecule has 0 saturated heterocycles. The number of anilines is 2. The minimum absolute atomic E-state index is 0.558. The summed E-state index contributed by atoms with van der Waals surface area (Å²) in [6.07, 6.45) is 4.04. The fourth-order valence-corrected chi connectivity index (χ4v) is 3.05. The second-order valence-electron chi connectivity index (χ2n) is 5.10. The Bertz CT molecular complexity index is 583. The lowest BCUT2D eigenvalue weighted by atomic mass is 10.3. The van der Waals surface area contributed by atoms with Crippen molar-refractivity contribution in [2.45, 2.75) is 32.4 Å². The van der Waals surface area contributed by atoms with Gasteiger partial charge in [0.05, 0.1) is 7.11 Å². The van der Waals surface area contributed by atoms with Gasteiger partial charge in [0.15, 0.2) is 11.6 Å². The lowest BCUT2D eigenvalue weighted by Gasteiger charge is -2.25. The van der Waals surface area contributed by atoms with E-state index in [4.69, 9.17) is 4.74 Å². The molecular formula is C15H20N4OS. The summed E-state index contributed by atoms with van der Waals surface area (Å²) in [4.78, 5) is 11.1. The number of nitrogens with zero attached hydrogens (tertiary/aromatic N) is 3. The van der Waals surface area contributed by atoms with Crippen LogP contribution < -0.4 is 15.0 Å². The molecular weight excluding hydrogens is 284 g/mol. The quantitative estimate of drug-likeness (QED) is 0.851. The molecule has 1 aliphatic carbocycles. The number of hydrogen-bond acceptors (Lipinski definition) is 6. The van der Waals surface area contributed by atoms with Crippen molar-refractivity contribution < 1.29 is 4.74 Å². The molecule has 0 bridgehead atoms. The van der Waals surface area contributed by atoms with Crippen molar-refractivity contribution in [3.05, 3.63) is 28.7 Å². The van der Waals surface area contributed by atoms with E-state index in [-0.39, 0.29) is 0 Å². The molecule has 1 saturated carbocycles. The second-order valence-corrected chi connectivity index (χ2v) is 5.88. The number of thiophene rings is 1. The van der Waals surface area contributed by atoms with Crippen LogP contribution in [0.5, 0.6) is 5.75 Å². The zero-order chi connectivity index (χ0) is 14.7. The van der Waals surface area contributed by atoms with Crippen molar-refractivity contribution >= 4 is 23.0 Å². The standard InChI is InChI=1S/C15H20N4OS/c1-3-16-14-13(20-2)15(18-10-17-14)19(12-4-5-12)8-11-6-7-21-9-11/h6-7,9-10,12H,3-5,8H2,1-2H3,(H,16,17,18). The first-order chi connectivity index (χ1) is 10.3. The first kappa shape index (κ1) is 14.1. The number of aromatic nitrogens is 2. The zero-order valence-electron chi connectivity index (χ0n) is 12.4. The van der Waals surface area contributed by atoms with Gasteiger partial charge in [-0.05, 0) is 42.2 Å². The van der Waals surface area contributed by atoms with E-state index in [2.05, 4.69) is 37.0 Å². The minimum atomic E-state index is 0.558. The molecule has 0 aromatic carbocycles. The van der Waals surface area contributed by atoms with E-state index < -0.39 is 0 Å². The topological polar surface area (TPSA) is 50.3 Å². The Morgan fingerprint density at radius 2 is 2.29 bits per heavy atom. The van der Waals surface area contributed by atoms with Crippen LogP contribution in [0.2, 0.25) is 0 Å². The lowest BCUT2D eigenvalue weighted by Crippen LogP contribution is -2.26. The highest BCUT2D eigenvalue weighted by atomic mass is 32.1. The monoisotopic (exact) mass is 304 g/mol. The van der Waals surface area contributed by atoms with E-state index in [1.807, 2.05) is 6.92 Å². The minimum Gasteiger partial charge on any atom is -0.490 e. The molecule has 0 aliphatic heterocycles. The molecule has 0 unspecified atom stereocenters. The van der Waals surface area contributed by atoms with Crippen molar-refractivity contribution in [2.24, 2.45) is 0 Å². The molecule has 21 heavy (non-hydrogen) atoms. The highest BCUT2D eigenvalue weighted by Gasteiger charge is 2.32. The molecule has 2 aromatic rings. The number of rotatable bonds is 7. The average Bonchev–Trinajstić information content (AvgIpc) is 3.21. The summed E-state index contributed by atoms with van der Waals surface area (Å²) in [5.41, 5.74) is 1.32. The van der Waals surface area contributed by atoms with Gasteiger partial charge in [-0.2, -0.15) is 11.3 Å². The smallest absolute Gasteiger partial charge is 0.204 e. The maximum Gasteiger partial charge on any atom is 0.204 e. The Morgan fingerprint density at radius 3 is 2.90 bits per heavy atom. The SMILES string of the molecule is CCNc1ncnc(N(Cc2ccsc2)C2CC2)c1OC. The lowest BCUT2D eigenvalue weighted by molar-refractivity contribution is 0.411. The third-order valence-electron chi connectivity index (χ3n) is 3.53. The summed E-state index contributed by atoms with van der Waals surface area (Å²) in [5.74, 6) is 2.39. The molecule has 2 heterocycles. The summed E-state index contributed by atoms with van der Waals surface area (Å²) < 4.78 is 5.58. The van der Waals surface area contributed by atoms with Crippen LogP contribution in [0.3, 0.4) is 0 Å². The van der Waals surface area contributed by atoms with Gasteiger partial charge in [-0.1, -0.05) is 0 Å². The summed E-state index contributed by atoms with van der Waals surface area (Å²) in [6.45, 7) is 3.72. The zero-order valence-corrected chi connectivity index (χ0v) is 13.2. The van der Waals surface area contributed by atoms with E-state index in [1.54, 1.807) is 24.8 Å². The van der Waals surface area contributed by atoms with Crippen LogP contribution in [0.1, 0.15) is 25.3 Å². The van der Waals surface area contributed by atoms with Crippen LogP contribution in [-0.2, 0) is 6.54 Å². The third-order valence-corrected chi connectivity index (χ3v) is 4.26. The van der Waals surface area contributed by atoms with Crippen LogP contribution >= 0.6 is 11.3 Å². The molecule has 6 heteroatoms. The van der Waals surface area contributed by atoms with Crippen molar-refractivity contribution in [1.29, 1.82) is 0 Å². The Morgan fingerprint density at radius 1 is 1.43 bits per heavy atom. The van der Waals surface area contributed by atoms with E-state index in [0.717, 1.165) is 30.5 Å². The number of ether oxygens (including phenoxy) is 1. The van der Waals surface area contributed by atoms with Crippen LogP contribution in [0.25, 0.3) is 0 Å². The van der Waals surface area contributed by atoms with Gasteiger partial charge < -0.3 is 15.0 Å². The second kappa shape index (κ2) is 6.30. The number of methoxy groups -OCH3 is 1. The molecule has 1 fully saturated rings. The van der Waals surface area contributed by atoms with E-state index in [9.17, 15) is 0 Å². The van der Waals surface area contributed by atoms with Crippen LogP contribution in [0.4, 0.5) is 11.6 Å². The van der Waals surface area contributed by atoms with Gasteiger partial charge in [0, 0.05) is 19.1 Å². The van der Waals surface area contributed by atoms with Crippen LogP contribution in [-0.4, -0.2) is 29.7 Å². The molecule has 3 rings (SSSR count). The largest absolute Gasteiger partial charge is 0.490 e. The predicted octanol–water partition coefficient (Wildman–Crippen LogP) is 3.15. The van der Waals surface area contributed by atoms with E-state index in [1.165, 1.54) is 18.4 Å². The maximum absolute atomic E-state index is 5.58. The highest BCUT2D eigenvalue weighted by molar-refractivity contribution is 7.07. The maximum atomic E-state index is 5.58. The molecule has 0 radical (unpaired) electrons. The van der Waals surface area contributed by atoms with Gasteiger partial charge in [0.1, 0.15) is 6.33 Å². The average molecular weight is 304 g/mol. The Hall–Kier alpha value is -1.82. The highest BCUT2D eigenvalue weighted by Crippen LogP contribution is 2.39. The van der Waals surface area contributed by atoms with Crippen molar-refractivity contribution in [3.8, 4) is 5.75 Å². The molecule has 0 amide bonds. The fourth-order valence-electron chi connectivity index (χ4n) is 2.39. The normalized spacial score (nSPS) is 14.0. The van der Waals surface area contributed by atoms with Gasteiger partial charge in [-0.25, -0.2) is 9.97 Å². The van der Waals surface area contributed by atoms with Gasteiger partial charge in [-0.15, -0.1) is 0 Å². The van der Waals surface area contributed by atoms with Gasteiger partial charge in [-0.3, -0.25) is 0 Å². The molecule has 1 aliphatic rings. The molecule has 5 nitrogen and oxygen atoms in total. The van der Waals surface area contributed by atoms with Crippen molar-refractivity contribution in [1.82, 2.24) is 9.97 Å². The Balaban J connectivity index is 1.93. The Labute approximate surface area is 129 Å². The summed E-state index contributed by atoms with van der Waals surface area (Å²) in [6, 6.07) is 2.72. The molecule has 1 N–H and O–H groups in total. The van der Waals surface area contributed by atoms with Gasteiger partial charge >= 0.3 is 0 Å². The van der Waals surface area contributed by atoms with Gasteiger partial charge in [0.2, 0.25) is 5.75 Å². The predicted molar refractivity (Wildman–Crippen MR) is 86.3 cm³/mol. The van der Waals surface area contributed by atoms with Crippen molar-refractivity contribution in [2.75, 3.05) is 23.9 Å². The molecule has 2 aromatic heterocycles. The number of nitrogens with one attached hydrogen (secondary N) is 1. The Kier molecular flexibility index (Phi) is 4.24.